The maximum Gasteiger partial charge on any atom is 0.0821 e. The number of hydrogen-bond acceptors (Lipinski definition) is 3. The zero-order chi connectivity index (χ0) is 16.2. The van der Waals surface area contributed by atoms with Crippen molar-refractivity contribution >= 4 is 28.2 Å². The van der Waals surface area contributed by atoms with Crippen molar-refractivity contribution in [3.63, 3.8) is 0 Å². The molecule has 4 nitrogen and oxygen atoms in total. The summed E-state index contributed by atoms with van der Waals surface area (Å²) in [5.74, 6) is 0. The third-order valence-corrected chi connectivity index (χ3v) is 4.54. The Kier molecular flexibility index (Phi) is 4.84. The molecule has 2 N–H and O–H groups in total. The number of halogens is 1. The molecule has 1 heterocycles. The monoisotopic (exact) mass is 329 g/mol. The average Bonchev–Trinajstić information content (AvgIpc) is 3.06. The molecule has 0 saturated heterocycles. The first-order chi connectivity index (χ1) is 11.2. The lowest BCUT2D eigenvalue weighted by Crippen LogP contribution is -2.25. The first-order valence-electron chi connectivity index (χ1n) is 7.80. The van der Waals surface area contributed by atoms with Crippen LogP contribution in [0.1, 0.15) is 25.0 Å². The molecule has 5 heteroatoms. The number of fused-ring (bicyclic) bond motifs is 1. The highest BCUT2D eigenvalue weighted by atomic mass is 35.5. The van der Waals surface area contributed by atoms with Gasteiger partial charge in [-0.3, -0.25) is 5.10 Å². The van der Waals surface area contributed by atoms with E-state index in [0.29, 0.717) is 11.4 Å². The fourth-order valence-corrected chi connectivity index (χ4v) is 3.14. The van der Waals surface area contributed by atoms with Gasteiger partial charge in [-0.2, -0.15) is 5.10 Å². The Morgan fingerprint density at radius 2 is 2.00 bits per heavy atom. The lowest BCUT2D eigenvalue weighted by molar-refractivity contribution is 0.169. The van der Waals surface area contributed by atoms with E-state index in [1.807, 2.05) is 30.3 Å². The van der Waals surface area contributed by atoms with Crippen LogP contribution in [0.4, 0.5) is 5.69 Å². The second-order valence-corrected chi connectivity index (χ2v) is 5.90. The summed E-state index contributed by atoms with van der Waals surface area (Å²) in [4.78, 5) is 2.24. The normalized spacial score (nSPS) is 12.5. The van der Waals surface area contributed by atoms with Crippen LogP contribution in [0.5, 0.6) is 0 Å². The predicted molar refractivity (Wildman–Crippen MR) is 95.0 cm³/mol. The summed E-state index contributed by atoms with van der Waals surface area (Å²) in [5.41, 5.74) is 2.80. The van der Waals surface area contributed by atoms with E-state index in [9.17, 15) is 5.11 Å². The minimum absolute atomic E-state index is 0.575. The molecule has 1 atom stereocenters. The smallest absolute Gasteiger partial charge is 0.0821 e. The van der Waals surface area contributed by atoms with Gasteiger partial charge in [0.1, 0.15) is 0 Å². The van der Waals surface area contributed by atoms with E-state index < -0.39 is 6.10 Å². The fraction of sp³-hybridized carbons (Fsp3) is 0.278. The number of nitrogens with one attached hydrogen (secondary N) is 1. The third-order valence-electron chi connectivity index (χ3n) is 4.12. The summed E-state index contributed by atoms with van der Waals surface area (Å²) < 4.78 is 0. The SMILES string of the molecule is CCN(CCC(O)c1ccc2[nH]ncc2c1Cl)c1ccccc1. The maximum absolute atomic E-state index is 10.5. The number of benzene rings is 2. The first-order valence-corrected chi connectivity index (χ1v) is 8.18. The summed E-state index contributed by atoms with van der Waals surface area (Å²) in [6.45, 7) is 3.77. The quantitative estimate of drug-likeness (QED) is 0.713. The van der Waals surface area contributed by atoms with Crippen molar-refractivity contribution in [1.82, 2.24) is 10.2 Å². The molecule has 0 amide bonds. The average molecular weight is 330 g/mol. The number of rotatable bonds is 6. The van der Waals surface area contributed by atoms with Crippen LogP contribution in [-0.2, 0) is 0 Å². The van der Waals surface area contributed by atoms with Crippen LogP contribution in [0.3, 0.4) is 0 Å². The molecule has 2 aromatic carbocycles. The van der Waals surface area contributed by atoms with Crippen molar-refractivity contribution in [2.45, 2.75) is 19.4 Å². The van der Waals surface area contributed by atoms with Crippen molar-refractivity contribution in [2.24, 2.45) is 0 Å². The summed E-state index contributed by atoms with van der Waals surface area (Å²) in [5, 5.41) is 18.8. The molecule has 0 fully saturated rings. The molecule has 0 aliphatic heterocycles. The number of nitrogens with zero attached hydrogens (tertiary/aromatic N) is 2. The Hall–Kier alpha value is -2.04. The Morgan fingerprint density at radius 3 is 2.74 bits per heavy atom. The molecule has 23 heavy (non-hydrogen) atoms. The highest BCUT2D eigenvalue weighted by Gasteiger charge is 2.16. The largest absolute Gasteiger partial charge is 0.388 e. The van der Waals surface area contributed by atoms with Crippen molar-refractivity contribution in [3.8, 4) is 0 Å². The van der Waals surface area contributed by atoms with Crippen LogP contribution < -0.4 is 4.90 Å². The van der Waals surface area contributed by atoms with Gasteiger partial charge in [0, 0.05) is 24.2 Å². The molecule has 0 radical (unpaired) electrons. The number of H-pyrrole nitrogens is 1. The van der Waals surface area contributed by atoms with Gasteiger partial charge in [-0.15, -0.1) is 0 Å². The zero-order valence-electron chi connectivity index (χ0n) is 13.0. The maximum atomic E-state index is 10.5. The molecule has 0 saturated carbocycles. The number of aromatic nitrogens is 2. The first kappa shape index (κ1) is 15.8. The molecule has 3 rings (SSSR count). The molecule has 3 aromatic rings. The van der Waals surface area contributed by atoms with Crippen LogP contribution in [0.15, 0.2) is 48.7 Å². The van der Waals surface area contributed by atoms with Crippen molar-refractivity contribution in [3.05, 3.63) is 59.2 Å². The second-order valence-electron chi connectivity index (χ2n) is 5.52. The van der Waals surface area contributed by atoms with Crippen molar-refractivity contribution in [2.75, 3.05) is 18.0 Å². The van der Waals surface area contributed by atoms with Crippen LogP contribution in [0.25, 0.3) is 10.9 Å². The predicted octanol–water partition coefficient (Wildman–Crippen LogP) is 4.17. The second kappa shape index (κ2) is 7.02. The number of para-hydroxylation sites is 1. The van der Waals surface area contributed by atoms with E-state index >= 15 is 0 Å². The molecule has 0 bridgehead atoms. The van der Waals surface area contributed by atoms with Crippen molar-refractivity contribution in [1.29, 1.82) is 0 Å². The molecule has 120 valence electrons. The number of aromatic amines is 1. The molecule has 0 spiro atoms. The summed E-state index contributed by atoms with van der Waals surface area (Å²) >= 11 is 6.41. The van der Waals surface area contributed by atoms with Gasteiger partial charge in [-0.05, 0) is 37.1 Å². The number of anilines is 1. The van der Waals surface area contributed by atoms with E-state index in [4.69, 9.17) is 11.6 Å². The van der Waals surface area contributed by atoms with Gasteiger partial charge < -0.3 is 10.0 Å². The van der Waals surface area contributed by atoms with E-state index in [1.54, 1.807) is 6.20 Å². The lowest BCUT2D eigenvalue weighted by atomic mass is 10.0. The van der Waals surface area contributed by atoms with Gasteiger partial charge >= 0.3 is 0 Å². The minimum atomic E-state index is -0.598. The van der Waals surface area contributed by atoms with Gasteiger partial charge in [0.15, 0.2) is 0 Å². The Morgan fingerprint density at radius 1 is 1.22 bits per heavy atom. The number of hydrogen-bond donors (Lipinski definition) is 2. The van der Waals surface area contributed by atoms with E-state index in [0.717, 1.165) is 29.6 Å². The molecule has 0 aliphatic rings. The van der Waals surface area contributed by atoms with E-state index in [2.05, 4.69) is 34.2 Å². The summed E-state index contributed by atoms with van der Waals surface area (Å²) in [6, 6.07) is 14.0. The van der Waals surface area contributed by atoms with Gasteiger partial charge in [-0.1, -0.05) is 35.9 Å². The lowest BCUT2D eigenvalue weighted by Gasteiger charge is -2.24. The van der Waals surface area contributed by atoms with Gasteiger partial charge in [0.25, 0.3) is 0 Å². The van der Waals surface area contributed by atoms with Gasteiger partial charge in [0.05, 0.1) is 22.8 Å². The minimum Gasteiger partial charge on any atom is -0.388 e. The molecular formula is C18H20ClN3O. The topological polar surface area (TPSA) is 52.1 Å². The number of aliphatic hydroxyl groups excluding tert-OH is 1. The zero-order valence-corrected chi connectivity index (χ0v) is 13.8. The molecule has 1 aromatic heterocycles. The fourth-order valence-electron chi connectivity index (χ4n) is 2.80. The van der Waals surface area contributed by atoms with Crippen molar-refractivity contribution < 1.29 is 5.11 Å². The Bertz CT molecular complexity index is 772. The van der Waals surface area contributed by atoms with Gasteiger partial charge in [-0.25, -0.2) is 0 Å². The summed E-state index contributed by atoms with van der Waals surface area (Å²) in [7, 11) is 0. The number of aliphatic hydroxyl groups is 1. The Balaban J connectivity index is 1.72. The van der Waals surface area contributed by atoms with E-state index in [-0.39, 0.29) is 0 Å². The Labute approximate surface area is 140 Å². The third kappa shape index (κ3) is 3.33. The van der Waals surface area contributed by atoms with Crippen LogP contribution >= 0.6 is 11.6 Å². The summed E-state index contributed by atoms with van der Waals surface area (Å²) in [6.07, 6.45) is 1.71. The highest BCUT2D eigenvalue weighted by molar-refractivity contribution is 6.36. The molecule has 0 aliphatic carbocycles. The van der Waals surface area contributed by atoms with Crippen LogP contribution in [-0.4, -0.2) is 28.4 Å². The standard InChI is InChI=1S/C18H20ClN3O/c1-2-22(13-6-4-3-5-7-13)11-10-17(23)14-8-9-16-15(18(14)19)12-20-21-16/h3-9,12,17,23H,2,10-11H2,1H3,(H,20,21). The van der Waals surface area contributed by atoms with Crippen LogP contribution in [0, 0.1) is 0 Å². The molecule has 1 unspecified atom stereocenters. The molecular weight excluding hydrogens is 310 g/mol. The van der Waals surface area contributed by atoms with E-state index in [1.165, 1.54) is 5.69 Å². The van der Waals surface area contributed by atoms with Crippen LogP contribution in [0.2, 0.25) is 5.02 Å². The van der Waals surface area contributed by atoms with Gasteiger partial charge in [0.2, 0.25) is 0 Å². The highest BCUT2D eigenvalue weighted by Crippen LogP contribution is 2.31.